The maximum atomic E-state index is 12.1. The number of nitrogens with one attached hydrogen (secondary N) is 2. The molecule has 0 saturated carbocycles. The molecule has 0 aromatic heterocycles. The molecule has 0 bridgehead atoms. The summed E-state index contributed by atoms with van der Waals surface area (Å²) in [5, 5.41) is 14.9. The van der Waals surface area contributed by atoms with E-state index in [0.717, 1.165) is 5.56 Å². The van der Waals surface area contributed by atoms with Crippen molar-refractivity contribution in [3.8, 4) is 17.6 Å². The Labute approximate surface area is 146 Å². The van der Waals surface area contributed by atoms with Gasteiger partial charge in [0.15, 0.2) is 0 Å². The van der Waals surface area contributed by atoms with E-state index in [9.17, 15) is 10.1 Å². The molecular formula is C19H19N3O3. The van der Waals surface area contributed by atoms with Gasteiger partial charge >= 0.3 is 0 Å². The van der Waals surface area contributed by atoms with Gasteiger partial charge in [0.25, 0.3) is 5.91 Å². The van der Waals surface area contributed by atoms with Crippen LogP contribution in [0.2, 0.25) is 0 Å². The third-order valence-electron chi connectivity index (χ3n) is 3.44. The highest BCUT2D eigenvalue weighted by molar-refractivity contribution is 5.97. The van der Waals surface area contributed by atoms with Crippen molar-refractivity contribution in [3.05, 3.63) is 65.9 Å². The van der Waals surface area contributed by atoms with Crippen molar-refractivity contribution in [2.75, 3.05) is 19.5 Å². The summed E-state index contributed by atoms with van der Waals surface area (Å²) in [6.45, 7) is 0.348. The van der Waals surface area contributed by atoms with Crippen LogP contribution in [0.1, 0.15) is 5.56 Å². The second-order valence-corrected chi connectivity index (χ2v) is 5.05. The number of benzene rings is 2. The van der Waals surface area contributed by atoms with Crippen LogP contribution < -0.4 is 20.1 Å². The number of carbonyl (C=O) groups excluding carboxylic acids is 1. The fourth-order valence-corrected chi connectivity index (χ4v) is 2.10. The van der Waals surface area contributed by atoms with Gasteiger partial charge in [0.1, 0.15) is 23.1 Å². The summed E-state index contributed by atoms with van der Waals surface area (Å²) < 4.78 is 10.4. The molecule has 0 heterocycles. The van der Waals surface area contributed by atoms with Crippen LogP contribution in [0.4, 0.5) is 5.69 Å². The average Bonchev–Trinajstić information content (AvgIpc) is 2.67. The highest BCUT2D eigenvalue weighted by atomic mass is 16.5. The van der Waals surface area contributed by atoms with Gasteiger partial charge in [-0.15, -0.1) is 0 Å². The molecule has 2 aromatic carbocycles. The number of hydrogen-bond acceptors (Lipinski definition) is 5. The van der Waals surface area contributed by atoms with Crippen molar-refractivity contribution in [1.82, 2.24) is 5.32 Å². The van der Waals surface area contributed by atoms with Crippen molar-refractivity contribution in [1.29, 1.82) is 5.26 Å². The minimum absolute atomic E-state index is 0.0409. The average molecular weight is 337 g/mol. The van der Waals surface area contributed by atoms with E-state index in [1.165, 1.54) is 13.3 Å². The molecule has 128 valence electrons. The molecule has 6 heteroatoms. The van der Waals surface area contributed by atoms with E-state index in [0.29, 0.717) is 23.7 Å². The number of rotatable bonds is 7. The van der Waals surface area contributed by atoms with Crippen molar-refractivity contribution < 1.29 is 14.3 Å². The molecule has 0 radical (unpaired) electrons. The van der Waals surface area contributed by atoms with Crippen LogP contribution in [0.15, 0.2) is 60.3 Å². The predicted octanol–water partition coefficient (Wildman–Crippen LogP) is 2.84. The zero-order chi connectivity index (χ0) is 18.1. The van der Waals surface area contributed by atoms with Gasteiger partial charge in [-0.25, -0.2) is 0 Å². The third-order valence-corrected chi connectivity index (χ3v) is 3.44. The van der Waals surface area contributed by atoms with Crippen molar-refractivity contribution in [2.45, 2.75) is 6.54 Å². The Balaban J connectivity index is 2.07. The van der Waals surface area contributed by atoms with E-state index >= 15 is 0 Å². The molecule has 0 spiro atoms. The summed E-state index contributed by atoms with van der Waals surface area (Å²) in [6, 6.07) is 16.6. The van der Waals surface area contributed by atoms with Gasteiger partial charge in [0.2, 0.25) is 0 Å². The maximum absolute atomic E-state index is 12.1. The van der Waals surface area contributed by atoms with E-state index in [-0.39, 0.29) is 5.57 Å². The van der Waals surface area contributed by atoms with Gasteiger partial charge in [-0.2, -0.15) is 5.26 Å². The molecule has 1 amide bonds. The largest absolute Gasteiger partial charge is 0.497 e. The monoisotopic (exact) mass is 337 g/mol. The molecule has 0 aliphatic carbocycles. The van der Waals surface area contributed by atoms with Crippen LogP contribution in [-0.2, 0) is 11.3 Å². The first-order valence-electron chi connectivity index (χ1n) is 7.59. The SMILES string of the molecule is COc1ccc(OC)c(N/C=C(/C#N)C(=O)NCc2ccccc2)c1. The topological polar surface area (TPSA) is 83.4 Å². The van der Waals surface area contributed by atoms with Gasteiger partial charge in [-0.05, 0) is 17.7 Å². The molecule has 0 atom stereocenters. The molecule has 6 nitrogen and oxygen atoms in total. The van der Waals surface area contributed by atoms with Crippen LogP contribution in [0.3, 0.4) is 0 Å². The number of anilines is 1. The fraction of sp³-hybridized carbons (Fsp3) is 0.158. The Hall–Kier alpha value is -3.46. The molecule has 0 fully saturated rings. The first-order chi connectivity index (χ1) is 12.2. The van der Waals surface area contributed by atoms with Gasteiger partial charge in [-0.3, -0.25) is 4.79 Å². The molecule has 2 rings (SSSR count). The summed E-state index contributed by atoms with van der Waals surface area (Å²) >= 11 is 0. The maximum Gasteiger partial charge on any atom is 0.263 e. The second-order valence-electron chi connectivity index (χ2n) is 5.05. The molecule has 2 N–H and O–H groups in total. The van der Waals surface area contributed by atoms with Gasteiger partial charge in [-0.1, -0.05) is 30.3 Å². The van der Waals surface area contributed by atoms with Gasteiger partial charge < -0.3 is 20.1 Å². The lowest BCUT2D eigenvalue weighted by molar-refractivity contribution is -0.117. The lowest BCUT2D eigenvalue weighted by atomic mass is 10.2. The van der Waals surface area contributed by atoms with Crippen molar-refractivity contribution in [2.24, 2.45) is 0 Å². The third kappa shape index (κ3) is 5.01. The zero-order valence-corrected chi connectivity index (χ0v) is 14.1. The summed E-state index contributed by atoms with van der Waals surface area (Å²) in [5.74, 6) is 0.739. The molecule has 0 aliphatic rings. The quantitative estimate of drug-likeness (QED) is 0.599. The van der Waals surface area contributed by atoms with E-state index in [4.69, 9.17) is 9.47 Å². The molecule has 0 saturated heterocycles. The first-order valence-corrected chi connectivity index (χ1v) is 7.59. The van der Waals surface area contributed by atoms with Crippen LogP contribution in [0.5, 0.6) is 11.5 Å². The number of carbonyl (C=O) groups is 1. The number of hydrogen-bond donors (Lipinski definition) is 2. The lowest BCUT2D eigenvalue weighted by Crippen LogP contribution is -2.24. The molecule has 0 unspecified atom stereocenters. The van der Waals surface area contributed by atoms with Crippen molar-refractivity contribution in [3.63, 3.8) is 0 Å². The highest BCUT2D eigenvalue weighted by Gasteiger charge is 2.10. The number of nitriles is 1. The van der Waals surface area contributed by atoms with Crippen LogP contribution in [-0.4, -0.2) is 20.1 Å². The van der Waals surface area contributed by atoms with E-state index in [2.05, 4.69) is 10.6 Å². The number of ether oxygens (including phenoxy) is 2. The molecule has 0 aliphatic heterocycles. The number of nitrogens with zero attached hydrogens (tertiary/aromatic N) is 1. The number of amides is 1. The minimum atomic E-state index is -0.458. The fourth-order valence-electron chi connectivity index (χ4n) is 2.10. The number of methoxy groups -OCH3 is 2. The minimum Gasteiger partial charge on any atom is -0.497 e. The van der Waals surface area contributed by atoms with Gasteiger partial charge in [0, 0.05) is 18.8 Å². The zero-order valence-electron chi connectivity index (χ0n) is 14.1. The normalized spacial score (nSPS) is 10.5. The summed E-state index contributed by atoms with van der Waals surface area (Å²) in [6.07, 6.45) is 1.34. The van der Waals surface area contributed by atoms with E-state index < -0.39 is 5.91 Å². The Kier molecular flexibility index (Phi) is 6.43. The lowest BCUT2D eigenvalue weighted by Gasteiger charge is -2.10. The molecule has 25 heavy (non-hydrogen) atoms. The van der Waals surface area contributed by atoms with Gasteiger partial charge in [0.05, 0.1) is 19.9 Å². The van der Waals surface area contributed by atoms with Crippen LogP contribution in [0.25, 0.3) is 0 Å². The first kappa shape index (κ1) is 17.9. The summed E-state index contributed by atoms with van der Waals surface area (Å²) in [5.41, 5.74) is 1.50. The van der Waals surface area contributed by atoms with Crippen LogP contribution in [0, 0.1) is 11.3 Å². The van der Waals surface area contributed by atoms with Crippen LogP contribution >= 0.6 is 0 Å². The van der Waals surface area contributed by atoms with E-state index in [1.807, 2.05) is 36.4 Å². The Morgan fingerprint density at radius 1 is 1.16 bits per heavy atom. The Bertz CT molecular complexity index is 795. The molecular weight excluding hydrogens is 318 g/mol. The predicted molar refractivity (Wildman–Crippen MR) is 95.2 cm³/mol. The summed E-state index contributed by atoms with van der Waals surface area (Å²) in [4.78, 5) is 12.1. The Morgan fingerprint density at radius 3 is 2.56 bits per heavy atom. The van der Waals surface area contributed by atoms with E-state index in [1.54, 1.807) is 25.3 Å². The second kappa shape index (κ2) is 8.99. The summed E-state index contributed by atoms with van der Waals surface area (Å²) in [7, 11) is 3.09. The standard InChI is InChI=1S/C19H19N3O3/c1-24-16-8-9-18(25-2)17(10-16)21-13-15(11-20)19(23)22-12-14-6-4-3-5-7-14/h3-10,13,21H,12H2,1-2H3,(H,22,23)/b15-13-. The van der Waals surface area contributed by atoms with Crippen molar-refractivity contribution >= 4 is 11.6 Å². The smallest absolute Gasteiger partial charge is 0.263 e. The highest BCUT2D eigenvalue weighted by Crippen LogP contribution is 2.28. The Morgan fingerprint density at radius 2 is 1.92 bits per heavy atom. The molecule has 2 aromatic rings.